The second kappa shape index (κ2) is 10.7. The largest absolute Gasteiger partial charge is 0.405 e. The molecule has 1 aliphatic carbocycles. The third-order valence-electron chi connectivity index (χ3n) is 8.17. The topological polar surface area (TPSA) is 85.4 Å². The molecular formula is C31H32F3N5O2. The van der Waals surface area contributed by atoms with Gasteiger partial charge in [-0.15, -0.1) is 0 Å². The number of ether oxygens (including phenoxy) is 1. The summed E-state index contributed by atoms with van der Waals surface area (Å²) in [4.78, 5) is 20.8. The number of carbonyl (C=O) groups excluding carboxylic acids is 1. The van der Waals surface area contributed by atoms with Gasteiger partial charge in [-0.2, -0.15) is 13.2 Å². The van der Waals surface area contributed by atoms with Crippen molar-refractivity contribution in [2.24, 2.45) is 0 Å². The van der Waals surface area contributed by atoms with Gasteiger partial charge >= 0.3 is 6.18 Å². The van der Waals surface area contributed by atoms with Crippen LogP contribution < -0.4 is 16.0 Å². The van der Waals surface area contributed by atoms with Gasteiger partial charge in [0.05, 0.1) is 24.4 Å². The van der Waals surface area contributed by atoms with Gasteiger partial charge < -0.3 is 25.3 Å². The number of amides is 1. The van der Waals surface area contributed by atoms with Crippen LogP contribution in [-0.4, -0.2) is 54.5 Å². The van der Waals surface area contributed by atoms with Gasteiger partial charge in [-0.3, -0.25) is 4.79 Å². The van der Waals surface area contributed by atoms with Crippen LogP contribution in [0.4, 0.5) is 24.8 Å². The molecule has 214 valence electrons. The third-order valence-corrected chi connectivity index (χ3v) is 8.17. The fourth-order valence-corrected chi connectivity index (χ4v) is 6.33. The number of hydrogen-bond acceptors (Lipinski definition) is 5. The first-order valence-electron chi connectivity index (χ1n) is 13.9. The predicted octanol–water partition coefficient (Wildman–Crippen LogP) is 5.27. The summed E-state index contributed by atoms with van der Waals surface area (Å²) in [6.45, 7) is 1.93. The zero-order chi connectivity index (χ0) is 28.6. The Morgan fingerprint density at radius 3 is 2.27 bits per heavy atom. The number of nitrogens with zero attached hydrogens (tertiary/aromatic N) is 3. The van der Waals surface area contributed by atoms with Crippen LogP contribution in [0.1, 0.15) is 30.4 Å². The molecule has 0 atom stereocenters. The molecule has 0 spiro atoms. The lowest BCUT2D eigenvalue weighted by molar-refractivity contribution is -0.141. The van der Waals surface area contributed by atoms with Crippen molar-refractivity contribution in [3.63, 3.8) is 0 Å². The Kier molecular flexibility index (Phi) is 7.11. The zero-order valence-electron chi connectivity index (χ0n) is 22.6. The number of hydrogen-bond donors (Lipinski definition) is 2. The summed E-state index contributed by atoms with van der Waals surface area (Å²) in [5, 5.41) is 2.21. The van der Waals surface area contributed by atoms with Crippen LogP contribution in [0.25, 0.3) is 22.2 Å². The van der Waals surface area contributed by atoms with Gasteiger partial charge in [0.2, 0.25) is 11.9 Å². The number of carbonyl (C=O) groups is 1. The lowest BCUT2D eigenvalue weighted by atomic mass is 9.73. The first kappa shape index (κ1) is 27.1. The minimum Gasteiger partial charge on any atom is -0.397 e. The van der Waals surface area contributed by atoms with E-state index in [0.29, 0.717) is 44.7 Å². The van der Waals surface area contributed by atoms with Gasteiger partial charge in [0.1, 0.15) is 17.5 Å². The van der Waals surface area contributed by atoms with Crippen LogP contribution in [0.3, 0.4) is 0 Å². The van der Waals surface area contributed by atoms with Gasteiger partial charge in [-0.1, -0.05) is 54.6 Å². The molecule has 2 heterocycles. The summed E-state index contributed by atoms with van der Waals surface area (Å²) >= 11 is 0. The maximum absolute atomic E-state index is 13.8. The van der Waals surface area contributed by atoms with Crippen LogP contribution in [0.5, 0.6) is 0 Å². The molecule has 3 N–H and O–H groups in total. The molecule has 10 heteroatoms. The van der Waals surface area contributed by atoms with Crippen molar-refractivity contribution < 1.29 is 22.7 Å². The molecule has 0 unspecified atom stereocenters. The molecule has 0 saturated carbocycles. The van der Waals surface area contributed by atoms with E-state index in [1.807, 2.05) is 66.7 Å². The van der Waals surface area contributed by atoms with Crippen LogP contribution in [0.2, 0.25) is 0 Å². The van der Waals surface area contributed by atoms with E-state index in [1.54, 1.807) is 0 Å². The first-order valence-corrected chi connectivity index (χ1v) is 13.9. The molecule has 1 aromatic heterocycles. The summed E-state index contributed by atoms with van der Waals surface area (Å²) in [5.41, 5.74) is 10.6. The van der Waals surface area contributed by atoms with Gasteiger partial charge in [-0.05, 0) is 53.6 Å². The molecule has 1 amide bonds. The second-order valence-electron chi connectivity index (χ2n) is 10.6. The highest BCUT2D eigenvalue weighted by Gasteiger charge is 2.49. The Balaban J connectivity index is 1.30. The SMILES string of the molecule is Nc1cccc2c1nc(N1CCOCC1)n2CCCCC1(C(=O)NCC(F)(F)F)c2ccccc2-c2ccccc21. The second-order valence-corrected chi connectivity index (χ2v) is 10.6. The summed E-state index contributed by atoms with van der Waals surface area (Å²) < 4.78 is 47.3. The summed E-state index contributed by atoms with van der Waals surface area (Å²) in [6.07, 6.45) is -2.84. The van der Waals surface area contributed by atoms with E-state index in [9.17, 15) is 18.0 Å². The highest BCUT2D eigenvalue weighted by molar-refractivity contribution is 6.00. The normalized spacial score (nSPS) is 16.0. The van der Waals surface area contributed by atoms with Crippen LogP contribution in [-0.2, 0) is 21.5 Å². The molecular weight excluding hydrogens is 531 g/mol. The maximum atomic E-state index is 13.8. The molecule has 2 aliphatic rings. The highest BCUT2D eigenvalue weighted by atomic mass is 19.4. The van der Waals surface area contributed by atoms with Gasteiger partial charge in [0.15, 0.2) is 0 Å². The molecule has 4 aromatic rings. The van der Waals surface area contributed by atoms with Gasteiger partial charge in [0.25, 0.3) is 0 Å². The van der Waals surface area contributed by atoms with Crippen LogP contribution >= 0.6 is 0 Å². The Labute approximate surface area is 236 Å². The van der Waals surface area contributed by atoms with Crippen molar-refractivity contribution >= 4 is 28.6 Å². The highest BCUT2D eigenvalue weighted by Crippen LogP contribution is 2.51. The molecule has 3 aromatic carbocycles. The average Bonchev–Trinajstić information content (AvgIpc) is 3.49. The Morgan fingerprint density at radius 2 is 1.61 bits per heavy atom. The predicted molar refractivity (Wildman–Crippen MR) is 153 cm³/mol. The first-order chi connectivity index (χ1) is 19.8. The average molecular weight is 564 g/mol. The lowest BCUT2D eigenvalue weighted by Crippen LogP contribution is -2.47. The van der Waals surface area contributed by atoms with Crippen molar-refractivity contribution in [1.82, 2.24) is 14.9 Å². The van der Waals surface area contributed by atoms with Crippen molar-refractivity contribution in [2.45, 2.75) is 37.4 Å². The Hall–Kier alpha value is -4.05. The number of unbranched alkanes of at least 4 members (excludes halogenated alkanes) is 1. The third kappa shape index (κ3) is 4.90. The molecule has 41 heavy (non-hydrogen) atoms. The van der Waals surface area contributed by atoms with Gasteiger partial charge in [0, 0.05) is 19.6 Å². The molecule has 0 radical (unpaired) electrons. The molecule has 0 bridgehead atoms. The van der Waals surface area contributed by atoms with Crippen molar-refractivity contribution in [2.75, 3.05) is 43.5 Å². The smallest absolute Gasteiger partial charge is 0.397 e. The minimum atomic E-state index is -4.51. The molecule has 1 saturated heterocycles. The minimum absolute atomic E-state index is 0.367. The number of aromatic nitrogens is 2. The van der Waals surface area contributed by atoms with E-state index in [2.05, 4.69) is 14.8 Å². The number of benzene rings is 3. The quantitative estimate of drug-likeness (QED) is 0.225. The molecule has 6 rings (SSSR count). The maximum Gasteiger partial charge on any atom is 0.405 e. The van der Waals surface area contributed by atoms with E-state index >= 15 is 0 Å². The number of aryl methyl sites for hydroxylation is 1. The number of nitrogen functional groups attached to an aromatic ring is 1. The number of halogens is 3. The number of alkyl halides is 3. The number of anilines is 2. The molecule has 7 nitrogen and oxygen atoms in total. The summed E-state index contributed by atoms with van der Waals surface area (Å²) in [5.74, 6) is 0.206. The standard InChI is InChI=1S/C31H32F3N5O2/c32-31(33,34)20-36-28(40)30(23-10-3-1-8-21(23)22-9-2-4-11-24(22)30)14-5-6-15-39-26-13-7-12-25(35)27(26)37-29(39)38-16-18-41-19-17-38/h1-4,7-13H,5-6,14-20,35H2,(H,36,40). The van der Waals surface area contributed by atoms with E-state index in [0.717, 1.165) is 52.3 Å². The van der Waals surface area contributed by atoms with Crippen molar-refractivity contribution in [1.29, 1.82) is 0 Å². The van der Waals surface area contributed by atoms with E-state index < -0.39 is 24.0 Å². The van der Waals surface area contributed by atoms with Gasteiger partial charge in [-0.25, -0.2) is 4.98 Å². The molecule has 1 fully saturated rings. The van der Waals surface area contributed by atoms with Crippen LogP contribution in [0.15, 0.2) is 66.7 Å². The summed E-state index contributed by atoms with van der Waals surface area (Å²) in [7, 11) is 0. The zero-order valence-corrected chi connectivity index (χ0v) is 22.6. The fraction of sp³-hybridized carbons (Fsp3) is 0.355. The Bertz CT molecular complexity index is 1530. The number of morpholine rings is 1. The number of para-hydroxylation sites is 1. The number of nitrogens with one attached hydrogen (secondary N) is 1. The number of fused-ring (bicyclic) bond motifs is 4. The van der Waals surface area contributed by atoms with E-state index in [4.69, 9.17) is 15.5 Å². The molecule has 1 aliphatic heterocycles. The lowest BCUT2D eigenvalue weighted by Gasteiger charge is -2.31. The number of nitrogens with two attached hydrogens (primary N) is 1. The monoisotopic (exact) mass is 563 g/mol. The summed E-state index contributed by atoms with van der Waals surface area (Å²) in [6, 6.07) is 20.8. The van der Waals surface area contributed by atoms with Crippen molar-refractivity contribution in [3.8, 4) is 11.1 Å². The number of rotatable bonds is 8. The van der Waals surface area contributed by atoms with Crippen LogP contribution in [0, 0.1) is 0 Å². The van der Waals surface area contributed by atoms with E-state index in [1.165, 1.54) is 0 Å². The fourth-order valence-electron chi connectivity index (χ4n) is 6.33. The van der Waals surface area contributed by atoms with Crippen molar-refractivity contribution in [3.05, 3.63) is 77.9 Å². The number of imidazole rings is 1. The van der Waals surface area contributed by atoms with E-state index in [-0.39, 0.29) is 0 Å². The Morgan fingerprint density at radius 1 is 0.951 bits per heavy atom.